The van der Waals surface area contributed by atoms with Crippen molar-refractivity contribution in [2.45, 2.75) is 40.2 Å². The Bertz CT molecular complexity index is 155. The number of hydrogen-bond acceptors (Lipinski definition) is 2. The fraction of sp³-hybridized carbons (Fsp3) is 0.900. The zero-order chi connectivity index (χ0) is 10.4. The number of hydrogen-bond donors (Lipinski definition) is 2. The number of nitrogens with one attached hydrogen (secondary N) is 1. The zero-order valence-corrected chi connectivity index (χ0v) is 9.13. The van der Waals surface area contributed by atoms with Gasteiger partial charge in [-0.15, -0.1) is 0 Å². The van der Waals surface area contributed by atoms with Gasteiger partial charge in [0.2, 0.25) is 5.91 Å². The average Bonchev–Trinajstić information content (AvgIpc) is 1.98. The second kappa shape index (κ2) is 5.97. The van der Waals surface area contributed by atoms with Crippen LogP contribution in [0.15, 0.2) is 0 Å². The summed E-state index contributed by atoms with van der Waals surface area (Å²) in [6.07, 6.45) is 0.754. The van der Waals surface area contributed by atoms with Crippen LogP contribution in [0.5, 0.6) is 0 Å². The third kappa shape index (κ3) is 6.58. The van der Waals surface area contributed by atoms with Gasteiger partial charge >= 0.3 is 0 Å². The third-order valence-electron chi connectivity index (χ3n) is 1.75. The average molecular weight is 186 g/mol. The lowest BCUT2D eigenvalue weighted by Crippen LogP contribution is -2.42. The summed E-state index contributed by atoms with van der Waals surface area (Å²) < 4.78 is 0. The maximum absolute atomic E-state index is 11.3. The molecule has 0 bridgehead atoms. The molecule has 1 unspecified atom stereocenters. The van der Waals surface area contributed by atoms with Gasteiger partial charge in [-0.2, -0.15) is 0 Å². The Morgan fingerprint density at radius 1 is 1.23 bits per heavy atom. The molecule has 0 aliphatic rings. The van der Waals surface area contributed by atoms with Crippen LogP contribution in [0.4, 0.5) is 0 Å². The number of carbonyl (C=O) groups is 1. The van der Waals surface area contributed by atoms with Gasteiger partial charge < -0.3 is 11.1 Å². The molecular formula is C10H22N2O. The molecule has 0 aromatic heterocycles. The second-order valence-electron chi connectivity index (χ2n) is 4.38. The van der Waals surface area contributed by atoms with E-state index in [-0.39, 0.29) is 11.9 Å². The predicted molar refractivity (Wildman–Crippen MR) is 55.3 cm³/mol. The van der Waals surface area contributed by atoms with Crippen molar-refractivity contribution in [1.82, 2.24) is 5.32 Å². The maximum Gasteiger partial charge on any atom is 0.236 e. The smallest absolute Gasteiger partial charge is 0.236 e. The van der Waals surface area contributed by atoms with E-state index < -0.39 is 0 Å². The van der Waals surface area contributed by atoms with Gasteiger partial charge in [0.15, 0.2) is 0 Å². The Morgan fingerprint density at radius 2 is 1.77 bits per heavy atom. The lowest BCUT2D eigenvalue weighted by atomic mass is 10.0. The molecule has 0 fully saturated rings. The van der Waals surface area contributed by atoms with E-state index in [0.29, 0.717) is 18.4 Å². The van der Waals surface area contributed by atoms with Crippen molar-refractivity contribution in [3.05, 3.63) is 0 Å². The highest BCUT2D eigenvalue weighted by atomic mass is 16.2. The molecule has 0 aromatic rings. The lowest BCUT2D eigenvalue weighted by molar-refractivity contribution is -0.122. The van der Waals surface area contributed by atoms with Crippen LogP contribution in [-0.2, 0) is 4.79 Å². The maximum atomic E-state index is 11.3. The van der Waals surface area contributed by atoms with Gasteiger partial charge in [-0.1, -0.05) is 27.7 Å². The fourth-order valence-corrected chi connectivity index (χ4v) is 1.05. The molecule has 3 nitrogen and oxygen atoms in total. The van der Waals surface area contributed by atoms with Crippen molar-refractivity contribution >= 4 is 5.91 Å². The van der Waals surface area contributed by atoms with E-state index >= 15 is 0 Å². The Hall–Kier alpha value is -0.570. The van der Waals surface area contributed by atoms with E-state index in [0.717, 1.165) is 6.42 Å². The molecule has 0 saturated heterocycles. The quantitative estimate of drug-likeness (QED) is 0.676. The minimum absolute atomic E-state index is 0.0256. The van der Waals surface area contributed by atoms with Crippen LogP contribution >= 0.6 is 0 Å². The number of amides is 1. The van der Waals surface area contributed by atoms with Crippen LogP contribution in [0.1, 0.15) is 34.1 Å². The fourth-order valence-electron chi connectivity index (χ4n) is 1.05. The van der Waals surface area contributed by atoms with E-state index in [1.54, 1.807) is 0 Å². The van der Waals surface area contributed by atoms with Crippen LogP contribution in [0.25, 0.3) is 0 Å². The normalized spacial score (nSPS) is 13.5. The van der Waals surface area contributed by atoms with Crippen LogP contribution < -0.4 is 11.1 Å². The molecule has 3 heteroatoms. The van der Waals surface area contributed by atoms with E-state index in [1.165, 1.54) is 0 Å². The molecule has 0 rings (SSSR count). The minimum atomic E-state index is -0.348. The van der Waals surface area contributed by atoms with E-state index in [1.807, 2.05) is 0 Å². The zero-order valence-electron chi connectivity index (χ0n) is 9.13. The van der Waals surface area contributed by atoms with Crippen molar-refractivity contribution in [2.24, 2.45) is 17.6 Å². The molecule has 0 heterocycles. The molecule has 0 spiro atoms. The molecule has 0 aliphatic heterocycles. The first-order valence-corrected chi connectivity index (χ1v) is 4.96. The predicted octanol–water partition coefficient (Wildman–Crippen LogP) is 1.13. The monoisotopic (exact) mass is 186 g/mol. The number of nitrogens with two attached hydrogens (primary N) is 1. The molecular weight excluding hydrogens is 164 g/mol. The summed E-state index contributed by atoms with van der Waals surface area (Å²) in [5.74, 6) is 0.928. The van der Waals surface area contributed by atoms with E-state index in [4.69, 9.17) is 5.73 Å². The standard InChI is InChI=1S/C10H22N2O/c1-7(2)5-9(11)10(13)12-6-8(3)4/h7-9H,5-6,11H2,1-4H3,(H,12,13). The molecule has 1 amide bonds. The minimum Gasteiger partial charge on any atom is -0.354 e. The lowest BCUT2D eigenvalue weighted by Gasteiger charge is -2.14. The second-order valence-corrected chi connectivity index (χ2v) is 4.38. The molecule has 13 heavy (non-hydrogen) atoms. The molecule has 1 atom stereocenters. The molecule has 78 valence electrons. The largest absolute Gasteiger partial charge is 0.354 e. The van der Waals surface area contributed by atoms with Gasteiger partial charge in [0.1, 0.15) is 0 Å². The summed E-state index contributed by atoms with van der Waals surface area (Å²) in [5, 5.41) is 2.82. The van der Waals surface area contributed by atoms with Crippen molar-refractivity contribution in [1.29, 1.82) is 0 Å². The summed E-state index contributed by atoms with van der Waals surface area (Å²) in [6, 6.07) is -0.348. The van der Waals surface area contributed by atoms with Crippen LogP contribution in [0.2, 0.25) is 0 Å². The number of carbonyl (C=O) groups excluding carboxylic acids is 1. The summed E-state index contributed by atoms with van der Waals surface area (Å²) in [4.78, 5) is 11.3. The molecule has 0 aliphatic carbocycles. The Labute approximate surface area is 81.1 Å². The van der Waals surface area contributed by atoms with Gasteiger partial charge in [-0.25, -0.2) is 0 Å². The first-order valence-electron chi connectivity index (χ1n) is 4.96. The third-order valence-corrected chi connectivity index (χ3v) is 1.75. The van der Waals surface area contributed by atoms with Crippen molar-refractivity contribution in [3.63, 3.8) is 0 Å². The van der Waals surface area contributed by atoms with Gasteiger partial charge in [0, 0.05) is 6.54 Å². The SMILES string of the molecule is CC(C)CNC(=O)C(N)CC(C)C. The molecule has 0 radical (unpaired) electrons. The summed E-state index contributed by atoms with van der Waals surface area (Å²) in [6.45, 7) is 8.97. The van der Waals surface area contributed by atoms with Crippen molar-refractivity contribution < 1.29 is 4.79 Å². The summed E-state index contributed by atoms with van der Waals surface area (Å²) in [7, 11) is 0. The molecule has 0 saturated carbocycles. The van der Waals surface area contributed by atoms with Crippen LogP contribution in [0, 0.1) is 11.8 Å². The highest BCUT2D eigenvalue weighted by molar-refractivity contribution is 5.81. The van der Waals surface area contributed by atoms with Gasteiger partial charge in [-0.3, -0.25) is 4.79 Å². The highest BCUT2D eigenvalue weighted by Crippen LogP contribution is 2.02. The summed E-state index contributed by atoms with van der Waals surface area (Å²) in [5.41, 5.74) is 5.69. The highest BCUT2D eigenvalue weighted by Gasteiger charge is 2.14. The van der Waals surface area contributed by atoms with E-state index in [9.17, 15) is 4.79 Å². The molecule has 0 aromatic carbocycles. The number of rotatable bonds is 5. The van der Waals surface area contributed by atoms with Gasteiger partial charge in [-0.05, 0) is 18.3 Å². The van der Waals surface area contributed by atoms with Gasteiger partial charge in [0.25, 0.3) is 0 Å². The van der Waals surface area contributed by atoms with Gasteiger partial charge in [0.05, 0.1) is 6.04 Å². The van der Waals surface area contributed by atoms with Crippen LogP contribution in [0.3, 0.4) is 0 Å². The van der Waals surface area contributed by atoms with Crippen molar-refractivity contribution in [3.8, 4) is 0 Å². The first kappa shape index (κ1) is 12.4. The van der Waals surface area contributed by atoms with Crippen molar-refractivity contribution in [2.75, 3.05) is 6.54 Å². The summed E-state index contributed by atoms with van der Waals surface area (Å²) >= 11 is 0. The Morgan fingerprint density at radius 3 is 2.15 bits per heavy atom. The van der Waals surface area contributed by atoms with Crippen LogP contribution in [-0.4, -0.2) is 18.5 Å². The first-order chi connectivity index (χ1) is 5.93. The Kier molecular flexibility index (Phi) is 5.71. The topological polar surface area (TPSA) is 55.1 Å². The van der Waals surface area contributed by atoms with E-state index in [2.05, 4.69) is 33.0 Å². The molecule has 3 N–H and O–H groups in total. The Balaban J connectivity index is 3.69.